The number of nitrogens with two attached hydrogens (primary N) is 1. The van der Waals surface area contributed by atoms with Gasteiger partial charge in [-0.15, -0.1) is 0 Å². The van der Waals surface area contributed by atoms with E-state index in [1.807, 2.05) is 0 Å². The fourth-order valence-corrected chi connectivity index (χ4v) is 0.785. The summed E-state index contributed by atoms with van der Waals surface area (Å²) in [6, 6.07) is 2.69. The van der Waals surface area contributed by atoms with E-state index in [-0.39, 0.29) is 35.4 Å². The van der Waals surface area contributed by atoms with Gasteiger partial charge in [0.25, 0.3) is 0 Å². The van der Waals surface area contributed by atoms with E-state index in [9.17, 15) is 4.79 Å². The normalized spacial score (nSPS) is 8.75. The summed E-state index contributed by atoms with van der Waals surface area (Å²) >= 11 is 5.44. The van der Waals surface area contributed by atoms with E-state index >= 15 is 0 Å². The van der Waals surface area contributed by atoms with Crippen LogP contribution in [0.4, 0.5) is 5.82 Å². The summed E-state index contributed by atoms with van der Waals surface area (Å²) in [6.45, 7) is 0. The van der Waals surface area contributed by atoms with Crippen LogP contribution in [0.2, 0.25) is 5.15 Å². The van der Waals surface area contributed by atoms with Crippen LogP contribution in [0.25, 0.3) is 0 Å². The van der Waals surface area contributed by atoms with E-state index in [0.717, 1.165) is 0 Å². The minimum atomic E-state index is -1.10. The predicted molar refractivity (Wildman–Crippen MR) is 46.4 cm³/mol. The largest absolute Gasteiger partial charge is 0.478 e. The molecule has 0 aliphatic heterocycles. The van der Waals surface area contributed by atoms with Crippen molar-refractivity contribution in [2.24, 2.45) is 0 Å². The molecule has 59 valence electrons. The van der Waals surface area contributed by atoms with Gasteiger partial charge in [0.2, 0.25) is 0 Å². The van der Waals surface area contributed by atoms with Gasteiger partial charge in [0, 0.05) is 18.9 Å². The Morgan fingerprint density at radius 3 is 2.58 bits per heavy atom. The van der Waals surface area contributed by atoms with Crippen LogP contribution in [0.1, 0.15) is 10.4 Å². The first-order chi connectivity index (χ1) is 5.11. The molecule has 0 saturated heterocycles. The number of aromatic nitrogens is 1. The molecule has 0 aliphatic rings. The molecule has 1 radical (unpaired) electrons. The zero-order valence-corrected chi connectivity index (χ0v) is 7.17. The number of hydrogen-bond acceptors (Lipinski definition) is 3. The number of halogens is 1. The van der Waals surface area contributed by atoms with Gasteiger partial charge < -0.3 is 10.8 Å². The number of rotatable bonds is 1. The molecule has 0 fully saturated rings. The van der Waals surface area contributed by atoms with Crippen LogP contribution in [0.3, 0.4) is 0 Å². The smallest absolute Gasteiger partial charge is 0.339 e. The minimum Gasteiger partial charge on any atom is -0.478 e. The van der Waals surface area contributed by atoms with Crippen LogP contribution in [-0.2, 0) is 0 Å². The van der Waals surface area contributed by atoms with E-state index in [2.05, 4.69) is 4.98 Å². The third kappa shape index (κ3) is 2.42. The first-order valence-corrected chi connectivity index (χ1v) is 3.14. The average Bonchev–Trinajstić information content (AvgIpc) is 1.85. The van der Waals surface area contributed by atoms with E-state index < -0.39 is 5.97 Å². The number of nitrogen functional groups attached to an aromatic ring is 1. The second-order valence-corrected chi connectivity index (χ2v) is 2.26. The Labute approximate surface area is 85.9 Å². The molecule has 0 saturated carbocycles. The summed E-state index contributed by atoms with van der Waals surface area (Å²) in [6.07, 6.45) is 0. The molecule has 1 aromatic rings. The van der Waals surface area contributed by atoms with E-state index in [0.29, 0.717) is 0 Å². The first kappa shape index (κ1) is 11.3. The number of aromatic carboxylic acids is 1. The summed E-state index contributed by atoms with van der Waals surface area (Å²) < 4.78 is 0. The van der Waals surface area contributed by atoms with Crippen LogP contribution in [0.15, 0.2) is 12.1 Å². The number of nitrogens with zero attached hydrogens (tertiary/aromatic N) is 1. The summed E-state index contributed by atoms with van der Waals surface area (Å²) in [5, 5.41) is 8.68. The second kappa shape index (κ2) is 4.36. The number of carbonyl (C=O) groups is 1. The Morgan fingerprint density at radius 2 is 2.17 bits per heavy atom. The van der Waals surface area contributed by atoms with Crippen LogP contribution >= 0.6 is 11.6 Å². The van der Waals surface area contributed by atoms with Gasteiger partial charge in [0.1, 0.15) is 16.5 Å². The molecule has 1 rings (SSSR count). The van der Waals surface area contributed by atoms with Crippen molar-refractivity contribution in [1.29, 1.82) is 0 Å². The van der Waals surface area contributed by atoms with Crippen molar-refractivity contribution in [3.8, 4) is 0 Å². The SMILES string of the molecule is Nc1nc(Cl)ccc1C(=O)O.[Li]. The maximum atomic E-state index is 10.4. The molecule has 1 heterocycles. The van der Waals surface area contributed by atoms with Gasteiger partial charge in [-0.05, 0) is 12.1 Å². The van der Waals surface area contributed by atoms with Crippen molar-refractivity contribution in [2.45, 2.75) is 0 Å². The van der Waals surface area contributed by atoms with Crippen molar-refractivity contribution in [3.63, 3.8) is 0 Å². The molecule has 0 spiro atoms. The molecule has 0 atom stereocenters. The zero-order chi connectivity index (χ0) is 8.43. The Hall–Kier alpha value is -0.693. The standard InChI is InChI=1S/C6H5ClN2O2.Li/c7-4-2-1-3(6(10)11)5(8)9-4;/h1-2H,(H2,8,9)(H,10,11);. The Balaban J connectivity index is 0.00000121. The summed E-state index contributed by atoms with van der Waals surface area (Å²) in [5.74, 6) is -1.17. The number of pyridine rings is 1. The molecule has 4 nitrogen and oxygen atoms in total. The topological polar surface area (TPSA) is 76.2 Å². The summed E-state index contributed by atoms with van der Waals surface area (Å²) in [7, 11) is 0. The molecule has 3 N–H and O–H groups in total. The number of carboxylic acids is 1. The third-order valence-electron chi connectivity index (χ3n) is 1.12. The van der Waals surface area contributed by atoms with Crippen LogP contribution in [0, 0.1) is 0 Å². The summed E-state index contributed by atoms with van der Waals surface area (Å²) in [4.78, 5) is 13.9. The summed E-state index contributed by atoms with van der Waals surface area (Å²) in [5.41, 5.74) is 5.21. The maximum absolute atomic E-state index is 10.4. The van der Waals surface area contributed by atoms with Crippen molar-refractivity contribution in [2.75, 3.05) is 5.73 Å². The molecular formula is C6H5ClLiN2O2. The number of hydrogen-bond donors (Lipinski definition) is 2. The van der Waals surface area contributed by atoms with Gasteiger partial charge in [-0.25, -0.2) is 9.78 Å². The molecule has 12 heavy (non-hydrogen) atoms. The van der Waals surface area contributed by atoms with E-state index in [1.54, 1.807) is 0 Å². The zero-order valence-electron chi connectivity index (χ0n) is 6.41. The fourth-order valence-electron chi connectivity index (χ4n) is 0.631. The van der Waals surface area contributed by atoms with Gasteiger partial charge in [0.05, 0.1) is 0 Å². The molecule has 1 aromatic heterocycles. The van der Waals surface area contributed by atoms with Gasteiger partial charge in [-0.1, -0.05) is 11.6 Å². The van der Waals surface area contributed by atoms with E-state index in [1.165, 1.54) is 12.1 Å². The van der Waals surface area contributed by atoms with Crippen molar-refractivity contribution < 1.29 is 9.90 Å². The molecule has 0 unspecified atom stereocenters. The van der Waals surface area contributed by atoms with Gasteiger partial charge in [-0.2, -0.15) is 0 Å². The number of anilines is 1. The third-order valence-corrected chi connectivity index (χ3v) is 1.33. The molecule has 0 aromatic carbocycles. The quantitative estimate of drug-likeness (QED) is 0.490. The van der Waals surface area contributed by atoms with Crippen molar-refractivity contribution >= 4 is 42.2 Å². The Kier molecular flexibility index (Phi) is 4.11. The Bertz CT molecular complexity index is 306. The maximum Gasteiger partial charge on any atom is 0.339 e. The van der Waals surface area contributed by atoms with Crippen LogP contribution < -0.4 is 5.73 Å². The molecule has 0 bridgehead atoms. The molecule has 0 amide bonds. The monoisotopic (exact) mass is 179 g/mol. The molecule has 6 heteroatoms. The first-order valence-electron chi connectivity index (χ1n) is 2.76. The molecule has 0 aliphatic carbocycles. The predicted octanol–water partition coefficient (Wildman–Crippen LogP) is 0.635. The van der Waals surface area contributed by atoms with E-state index in [4.69, 9.17) is 22.4 Å². The van der Waals surface area contributed by atoms with Crippen molar-refractivity contribution in [3.05, 3.63) is 22.8 Å². The second-order valence-electron chi connectivity index (χ2n) is 1.87. The van der Waals surface area contributed by atoms with Crippen LogP contribution in [0.5, 0.6) is 0 Å². The van der Waals surface area contributed by atoms with Crippen molar-refractivity contribution in [1.82, 2.24) is 4.98 Å². The fraction of sp³-hybridized carbons (Fsp3) is 0. The minimum absolute atomic E-state index is 0. The van der Waals surface area contributed by atoms with Gasteiger partial charge in [-0.3, -0.25) is 0 Å². The van der Waals surface area contributed by atoms with Crippen LogP contribution in [-0.4, -0.2) is 34.9 Å². The average molecular weight is 180 g/mol. The van der Waals surface area contributed by atoms with Gasteiger partial charge >= 0.3 is 5.97 Å². The number of carboxylic acid groups (broad SMARTS) is 1. The Morgan fingerprint density at radius 1 is 1.58 bits per heavy atom. The van der Waals surface area contributed by atoms with Gasteiger partial charge in [0.15, 0.2) is 0 Å². The molecular weight excluding hydrogens is 174 g/mol.